The number of fused-ring (bicyclic) bond motifs is 1. The number of nitrogens with zero attached hydrogens (tertiary/aromatic N) is 1. The summed E-state index contributed by atoms with van der Waals surface area (Å²) < 4.78 is 78.0. The molecule has 126 valence electrons. The highest BCUT2D eigenvalue weighted by Gasteiger charge is 2.31. The zero-order chi connectivity index (χ0) is 16.9. The lowest BCUT2D eigenvalue weighted by molar-refractivity contribution is 0.325. The van der Waals surface area contributed by atoms with Crippen LogP contribution in [0.3, 0.4) is 0 Å². The van der Waals surface area contributed by atoms with E-state index in [9.17, 15) is 26.0 Å². The van der Waals surface area contributed by atoms with Gasteiger partial charge in [-0.1, -0.05) is 0 Å². The number of aromatic nitrogens is 1. The molecule has 0 spiro atoms. The number of piperidine rings is 1. The quantitative estimate of drug-likeness (QED) is 0.381. The largest absolute Gasteiger partial charge is 0.358 e. The molecule has 0 aliphatic carbocycles. The van der Waals surface area contributed by atoms with Crippen LogP contribution in [0.2, 0.25) is 0 Å². The lowest BCUT2D eigenvalue weighted by Crippen LogP contribution is -2.35. The van der Waals surface area contributed by atoms with Gasteiger partial charge in [-0.3, -0.25) is 0 Å². The first-order valence-corrected chi connectivity index (χ1v) is 9.01. The van der Waals surface area contributed by atoms with E-state index in [0.717, 1.165) is 4.31 Å². The number of halogens is 5. The number of rotatable bonds is 2. The SMILES string of the molecule is O=S(=O)(Cl)N1CCC(c2c[nH]c3c(F)c(F)c(F)c(F)c23)CC1. The van der Waals surface area contributed by atoms with E-state index in [0.29, 0.717) is 18.4 Å². The zero-order valence-electron chi connectivity index (χ0n) is 11.5. The summed E-state index contributed by atoms with van der Waals surface area (Å²) in [4.78, 5) is 2.42. The van der Waals surface area contributed by atoms with Gasteiger partial charge < -0.3 is 4.98 Å². The Bertz CT molecular complexity index is 876. The first kappa shape index (κ1) is 16.5. The monoisotopic (exact) mass is 370 g/mol. The summed E-state index contributed by atoms with van der Waals surface area (Å²) >= 11 is 0. The third-order valence-corrected chi connectivity index (χ3v) is 5.70. The number of aromatic amines is 1. The van der Waals surface area contributed by atoms with Crippen LogP contribution in [0.1, 0.15) is 24.3 Å². The smallest absolute Gasteiger partial charge is 0.299 e. The highest BCUT2D eigenvalue weighted by atomic mass is 35.7. The lowest BCUT2D eigenvalue weighted by atomic mass is 9.90. The molecule has 1 aromatic carbocycles. The fourth-order valence-electron chi connectivity index (χ4n) is 2.97. The van der Waals surface area contributed by atoms with Gasteiger partial charge in [0.1, 0.15) is 0 Å². The first-order chi connectivity index (χ1) is 10.7. The first-order valence-electron chi connectivity index (χ1n) is 6.74. The normalized spacial score (nSPS) is 18.0. The summed E-state index contributed by atoms with van der Waals surface area (Å²) in [5, 5.41) is -0.339. The second-order valence-electron chi connectivity index (χ2n) is 5.37. The highest BCUT2D eigenvalue weighted by molar-refractivity contribution is 8.11. The van der Waals surface area contributed by atoms with Crippen molar-refractivity contribution in [2.45, 2.75) is 18.8 Å². The predicted octanol–water partition coefficient (Wildman–Crippen LogP) is 3.39. The zero-order valence-corrected chi connectivity index (χ0v) is 13.1. The van der Waals surface area contributed by atoms with Gasteiger partial charge >= 0.3 is 0 Å². The maximum Gasteiger partial charge on any atom is 0.299 e. The standard InChI is InChI=1S/C13H11ClF4N2O2S/c14-23(21,22)20-3-1-6(2-4-20)7-5-19-13-8(7)9(15)10(16)11(17)12(13)18/h5-6,19H,1-4H2. The molecular formula is C13H11ClF4N2O2S. The molecule has 2 aromatic rings. The van der Waals surface area contributed by atoms with Crippen molar-refractivity contribution in [3.63, 3.8) is 0 Å². The van der Waals surface area contributed by atoms with E-state index < -0.39 is 38.0 Å². The minimum Gasteiger partial charge on any atom is -0.358 e. The van der Waals surface area contributed by atoms with Crippen molar-refractivity contribution in [1.82, 2.24) is 9.29 Å². The third kappa shape index (κ3) is 2.70. The summed E-state index contributed by atoms with van der Waals surface area (Å²) in [6, 6.07) is 0. The Hall–Kier alpha value is -1.32. The number of benzene rings is 1. The Kier molecular flexibility index (Phi) is 4.06. The van der Waals surface area contributed by atoms with Gasteiger partial charge in [0, 0.05) is 35.4 Å². The molecular weight excluding hydrogens is 360 g/mol. The Balaban J connectivity index is 2.00. The molecule has 23 heavy (non-hydrogen) atoms. The van der Waals surface area contributed by atoms with E-state index >= 15 is 0 Å². The molecule has 1 saturated heterocycles. The molecule has 0 radical (unpaired) electrons. The topological polar surface area (TPSA) is 53.2 Å². The minimum atomic E-state index is -3.83. The van der Waals surface area contributed by atoms with Gasteiger partial charge in [0.2, 0.25) is 0 Å². The summed E-state index contributed by atoms with van der Waals surface area (Å²) in [6.45, 7) is 0.216. The fraction of sp³-hybridized carbons (Fsp3) is 0.385. The van der Waals surface area contributed by atoms with Crippen LogP contribution in [-0.4, -0.2) is 30.8 Å². The molecule has 1 aliphatic rings. The Morgan fingerprint density at radius 3 is 2.17 bits per heavy atom. The summed E-state index contributed by atoms with van der Waals surface area (Å²) in [6.07, 6.45) is 1.91. The summed E-state index contributed by atoms with van der Waals surface area (Å²) in [7, 11) is 1.42. The van der Waals surface area contributed by atoms with Crippen LogP contribution >= 0.6 is 10.7 Å². The molecule has 10 heteroatoms. The van der Waals surface area contributed by atoms with Crippen molar-refractivity contribution < 1.29 is 26.0 Å². The van der Waals surface area contributed by atoms with Crippen LogP contribution in [0.4, 0.5) is 17.6 Å². The molecule has 4 nitrogen and oxygen atoms in total. The van der Waals surface area contributed by atoms with Crippen LogP contribution in [-0.2, 0) is 9.24 Å². The molecule has 0 saturated carbocycles. The highest BCUT2D eigenvalue weighted by Crippen LogP contribution is 2.37. The molecule has 2 heterocycles. The molecule has 1 aromatic heterocycles. The number of nitrogens with one attached hydrogen (secondary N) is 1. The van der Waals surface area contributed by atoms with E-state index in [-0.39, 0.29) is 24.4 Å². The second-order valence-corrected chi connectivity index (χ2v) is 7.88. The molecule has 1 aliphatic heterocycles. The average Bonchev–Trinajstić information content (AvgIpc) is 2.95. The van der Waals surface area contributed by atoms with Crippen LogP contribution in [0.25, 0.3) is 10.9 Å². The Morgan fingerprint density at radius 2 is 1.61 bits per heavy atom. The number of H-pyrrole nitrogens is 1. The van der Waals surface area contributed by atoms with Gasteiger partial charge in [-0.2, -0.15) is 12.7 Å². The molecule has 1 fully saturated rings. The minimum absolute atomic E-state index is 0.108. The van der Waals surface area contributed by atoms with Crippen molar-refractivity contribution in [2.24, 2.45) is 0 Å². The van der Waals surface area contributed by atoms with Crippen LogP contribution in [0.5, 0.6) is 0 Å². The van der Waals surface area contributed by atoms with E-state index in [2.05, 4.69) is 4.98 Å². The summed E-state index contributed by atoms with van der Waals surface area (Å²) in [5.41, 5.74) is -0.147. The Labute approximate surface area is 133 Å². The van der Waals surface area contributed by atoms with Crippen molar-refractivity contribution >= 4 is 30.8 Å². The molecule has 1 N–H and O–H groups in total. The number of hydrogen-bond acceptors (Lipinski definition) is 2. The van der Waals surface area contributed by atoms with Crippen molar-refractivity contribution in [2.75, 3.05) is 13.1 Å². The van der Waals surface area contributed by atoms with Crippen LogP contribution < -0.4 is 0 Å². The molecule has 0 atom stereocenters. The molecule has 0 bridgehead atoms. The van der Waals surface area contributed by atoms with Gasteiger partial charge in [0.15, 0.2) is 23.3 Å². The lowest BCUT2D eigenvalue weighted by Gasteiger charge is -2.29. The maximum atomic E-state index is 14.0. The van der Waals surface area contributed by atoms with Gasteiger partial charge in [0.05, 0.1) is 5.52 Å². The predicted molar refractivity (Wildman–Crippen MR) is 76.5 cm³/mol. The maximum absolute atomic E-state index is 14.0. The molecule has 0 amide bonds. The van der Waals surface area contributed by atoms with E-state index in [1.807, 2.05) is 0 Å². The van der Waals surface area contributed by atoms with E-state index in [4.69, 9.17) is 10.7 Å². The third-order valence-electron chi connectivity index (χ3n) is 4.13. The average molecular weight is 371 g/mol. The summed E-state index contributed by atoms with van der Waals surface area (Å²) in [5.74, 6) is -6.99. The van der Waals surface area contributed by atoms with Gasteiger partial charge in [-0.05, 0) is 24.3 Å². The van der Waals surface area contributed by atoms with E-state index in [1.165, 1.54) is 6.20 Å². The number of hydrogen-bond donors (Lipinski definition) is 1. The Morgan fingerprint density at radius 1 is 1.04 bits per heavy atom. The molecule has 0 unspecified atom stereocenters. The second kappa shape index (κ2) is 5.64. The molecule has 3 rings (SSSR count). The van der Waals surface area contributed by atoms with Crippen molar-refractivity contribution in [3.8, 4) is 0 Å². The van der Waals surface area contributed by atoms with E-state index in [1.54, 1.807) is 0 Å². The van der Waals surface area contributed by atoms with Crippen molar-refractivity contribution in [3.05, 3.63) is 35.0 Å². The van der Waals surface area contributed by atoms with Crippen molar-refractivity contribution in [1.29, 1.82) is 0 Å². The van der Waals surface area contributed by atoms with Gasteiger partial charge in [-0.25, -0.2) is 17.6 Å². The fourth-order valence-corrected chi connectivity index (χ4v) is 4.03. The van der Waals surface area contributed by atoms with Crippen LogP contribution in [0, 0.1) is 23.3 Å². The van der Waals surface area contributed by atoms with Gasteiger partial charge in [0.25, 0.3) is 9.24 Å². The van der Waals surface area contributed by atoms with Crippen LogP contribution in [0.15, 0.2) is 6.20 Å². The van der Waals surface area contributed by atoms with Gasteiger partial charge in [-0.15, -0.1) is 0 Å².